The number of piperidine rings is 1. The lowest BCUT2D eigenvalue weighted by atomic mass is 10.0. The third-order valence-electron chi connectivity index (χ3n) is 3.68. The van der Waals surface area contributed by atoms with Crippen molar-refractivity contribution in [3.05, 3.63) is 28.8 Å². The molecule has 0 spiro atoms. The highest BCUT2D eigenvalue weighted by Crippen LogP contribution is 2.24. The summed E-state index contributed by atoms with van der Waals surface area (Å²) in [5.41, 5.74) is 0.545. The Kier molecular flexibility index (Phi) is 4.83. The van der Waals surface area contributed by atoms with Crippen LogP contribution in [0.5, 0.6) is 5.75 Å². The molecule has 1 aromatic rings. The molecule has 1 aliphatic heterocycles. The van der Waals surface area contributed by atoms with Gasteiger partial charge in [-0.3, -0.25) is 4.79 Å². The molecule has 0 radical (unpaired) electrons. The normalized spacial score (nSPS) is 20.3. The highest BCUT2D eigenvalue weighted by molar-refractivity contribution is 6.34. The summed E-state index contributed by atoms with van der Waals surface area (Å²) >= 11 is 6.06. The van der Waals surface area contributed by atoms with E-state index in [1.165, 1.54) is 26.2 Å². The summed E-state index contributed by atoms with van der Waals surface area (Å²) in [6.45, 7) is 3.32. The van der Waals surface area contributed by atoms with Gasteiger partial charge in [0.15, 0.2) is 5.78 Å². The zero-order chi connectivity index (χ0) is 13.8. The average Bonchev–Trinajstić information content (AvgIpc) is 2.37. The topological polar surface area (TPSA) is 29.5 Å². The van der Waals surface area contributed by atoms with E-state index in [0.717, 1.165) is 12.3 Å². The number of benzene rings is 1. The van der Waals surface area contributed by atoms with E-state index in [1.54, 1.807) is 12.1 Å². The van der Waals surface area contributed by atoms with E-state index in [9.17, 15) is 4.79 Å². The quantitative estimate of drug-likeness (QED) is 0.792. The number of carbonyl (C=O) groups is 1. The van der Waals surface area contributed by atoms with Crippen molar-refractivity contribution in [1.82, 2.24) is 4.90 Å². The van der Waals surface area contributed by atoms with Crippen molar-refractivity contribution in [1.29, 1.82) is 0 Å². The van der Waals surface area contributed by atoms with Gasteiger partial charge in [-0.05, 0) is 51.6 Å². The van der Waals surface area contributed by atoms with E-state index in [-0.39, 0.29) is 5.78 Å². The van der Waals surface area contributed by atoms with Gasteiger partial charge in [-0.15, -0.1) is 0 Å². The fourth-order valence-electron chi connectivity index (χ4n) is 2.42. The van der Waals surface area contributed by atoms with Crippen molar-refractivity contribution in [3.63, 3.8) is 0 Å². The number of likely N-dealkylation sites (tertiary alicyclic amines) is 1. The number of nitrogens with zero attached hydrogens (tertiary/aromatic N) is 1. The lowest BCUT2D eigenvalue weighted by molar-refractivity contribution is 0.101. The van der Waals surface area contributed by atoms with Crippen LogP contribution < -0.4 is 4.74 Å². The number of likely N-dealkylation sites (N-methyl/N-ethyl adjacent to an activating group) is 1. The maximum atomic E-state index is 11.3. The first-order chi connectivity index (χ1) is 9.08. The summed E-state index contributed by atoms with van der Waals surface area (Å²) < 4.78 is 5.79. The van der Waals surface area contributed by atoms with E-state index in [1.807, 2.05) is 6.07 Å². The number of hydrogen-bond acceptors (Lipinski definition) is 3. The third kappa shape index (κ3) is 3.71. The first-order valence-corrected chi connectivity index (χ1v) is 7.09. The Morgan fingerprint density at radius 1 is 1.47 bits per heavy atom. The molecule has 1 atom stereocenters. The highest BCUT2D eigenvalue weighted by Gasteiger charge is 2.19. The highest BCUT2D eigenvalue weighted by atomic mass is 35.5. The van der Waals surface area contributed by atoms with Gasteiger partial charge in [0.1, 0.15) is 12.4 Å². The zero-order valence-corrected chi connectivity index (χ0v) is 12.2. The van der Waals surface area contributed by atoms with Crippen molar-refractivity contribution >= 4 is 17.4 Å². The molecule has 1 fully saturated rings. The Bertz CT molecular complexity index is 461. The molecule has 0 bridgehead atoms. The molecule has 0 aromatic heterocycles. The minimum absolute atomic E-state index is 0.0245. The van der Waals surface area contributed by atoms with Crippen molar-refractivity contribution < 1.29 is 9.53 Å². The first kappa shape index (κ1) is 14.4. The van der Waals surface area contributed by atoms with Crippen molar-refractivity contribution in [2.45, 2.75) is 32.2 Å². The smallest absolute Gasteiger partial charge is 0.161 e. The molecule has 0 saturated carbocycles. The number of Topliss-reactive ketones (excluding diaryl/α,β-unsaturated/α-hetero) is 1. The molecule has 1 aromatic carbocycles. The SMILES string of the molecule is CC(=O)c1ccc(OCC2CCCCN2C)cc1Cl. The Hall–Kier alpha value is -1.06. The molecule has 1 unspecified atom stereocenters. The van der Waals surface area contributed by atoms with Crippen molar-refractivity contribution in [2.24, 2.45) is 0 Å². The summed E-state index contributed by atoms with van der Waals surface area (Å²) in [5.74, 6) is 0.706. The summed E-state index contributed by atoms with van der Waals surface area (Å²) in [4.78, 5) is 13.6. The molecular weight excluding hydrogens is 262 g/mol. The lowest BCUT2D eigenvalue weighted by Crippen LogP contribution is -2.40. The van der Waals surface area contributed by atoms with E-state index >= 15 is 0 Å². The van der Waals surface area contributed by atoms with Crippen LogP contribution in [0.25, 0.3) is 0 Å². The zero-order valence-electron chi connectivity index (χ0n) is 11.5. The molecule has 3 nitrogen and oxygen atoms in total. The van der Waals surface area contributed by atoms with Gasteiger partial charge in [0.05, 0.1) is 5.02 Å². The van der Waals surface area contributed by atoms with E-state index < -0.39 is 0 Å². The maximum Gasteiger partial charge on any atom is 0.161 e. The molecule has 1 saturated heterocycles. The van der Waals surface area contributed by atoms with Gasteiger partial charge in [-0.1, -0.05) is 18.0 Å². The van der Waals surface area contributed by atoms with Gasteiger partial charge < -0.3 is 9.64 Å². The summed E-state index contributed by atoms with van der Waals surface area (Å²) in [5, 5.41) is 0.460. The second-order valence-corrected chi connectivity index (χ2v) is 5.55. The molecule has 0 N–H and O–H groups in total. The fraction of sp³-hybridized carbons (Fsp3) is 0.533. The van der Waals surface area contributed by atoms with Crippen LogP contribution in [-0.2, 0) is 0 Å². The van der Waals surface area contributed by atoms with Gasteiger partial charge in [-0.25, -0.2) is 0 Å². The van der Waals surface area contributed by atoms with Crippen LogP contribution in [-0.4, -0.2) is 36.9 Å². The molecule has 104 valence electrons. The van der Waals surface area contributed by atoms with Crippen LogP contribution in [0.2, 0.25) is 5.02 Å². The summed E-state index contributed by atoms with van der Waals surface area (Å²) in [6, 6.07) is 5.73. The van der Waals surface area contributed by atoms with Crippen LogP contribution in [0.4, 0.5) is 0 Å². The van der Waals surface area contributed by atoms with Crippen LogP contribution in [0.15, 0.2) is 18.2 Å². The average molecular weight is 282 g/mol. The standard InChI is InChI=1S/C15H20ClNO2/c1-11(18)14-7-6-13(9-15(14)16)19-10-12-5-3-4-8-17(12)2/h6-7,9,12H,3-5,8,10H2,1-2H3. The second-order valence-electron chi connectivity index (χ2n) is 5.14. The van der Waals surface area contributed by atoms with Crippen LogP contribution >= 0.6 is 11.6 Å². The Morgan fingerprint density at radius 2 is 2.26 bits per heavy atom. The third-order valence-corrected chi connectivity index (χ3v) is 4.00. The van der Waals surface area contributed by atoms with Crippen LogP contribution in [0.3, 0.4) is 0 Å². The van der Waals surface area contributed by atoms with Gasteiger partial charge in [-0.2, -0.15) is 0 Å². The lowest BCUT2D eigenvalue weighted by Gasteiger charge is -2.32. The monoisotopic (exact) mass is 281 g/mol. The number of carbonyl (C=O) groups excluding carboxylic acids is 1. The van der Waals surface area contributed by atoms with Gasteiger partial charge in [0, 0.05) is 11.6 Å². The fourth-order valence-corrected chi connectivity index (χ4v) is 2.72. The molecule has 2 rings (SSSR count). The molecule has 0 aliphatic carbocycles. The number of halogens is 1. The summed E-state index contributed by atoms with van der Waals surface area (Å²) in [7, 11) is 2.14. The predicted molar refractivity (Wildman–Crippen MR) is 77.2 cm³/mol. The number of hydrogen-bond donors (Lipinski definition) is 0. The molecule has 0 amide bonds. The first-order valence-electron chi connectivity index (χ1n) is 6.71. The minimum atomic E-state index is -0.0245. The van der Waals surface area contributed by atoms with Crippen molar-refractivity contribution in [3.8, 4) is 5.75 Å². The van der Waals surface area contributed by atoms with E-state index in [0.29, 0.717) is 23.2 Å². The van der Waals surface area contributed by atoms with Crippen LogP contribution in [0, 0.1) is 0 Å². The molecule has 4 heteroatoms. The molecule has 1 aliphatic rings. The minimum Gasteiger partial charge on any atom is -0.492 e. The van der Waals surface area contributed by atoms with Gasteiger partial charge >= 0.3 is 0 Å². The van der Waals surface area contributed by atoms with Crippen LogP contribution in [0.1, 0.15) is 36.5 Å². The molecule has 1 heterocycles. The molecule has 19 heavy (non-hydrogen) atoms. The van der Waals surface area contributed by atoms with E-state index in [4.69, 9.17) is 16.3 Å². The second kappa shape index (κ2) is 6.40. The van der Waals surface area contributed by atoms with Gasteiger partial charge in [0.25, 0.3) is 0 Å². The number of ketones is 1. The summed E-state index contributed by atoms with van der Waals surface area (Å²) in [6.07, 6.45) is 3.71. The Labute approximate surface area is 119 Å². The van der Waals surface area contributed by atoms with Gasteiger partial charge in [0.2, 0.25) is 0 Å². The predicted octanol–water partition coefficient (Wildman–Crippen LogP) is 3.41. The number of ether oxygens (including phenoxy) is 1. The largest absolute Gasteiger partial charge is 0.492 e. The van der Waals surface area contributed by atoms with E-state index in [2.05, 4.69) is 11.9 Å². The Balaban J connectivity index is 1.96. The maximum absolute atomic E-state index is 11.3. The Morgan fingerprint density at radius 3 is 2.89 bits per heavy atom. The number of rotatable bonds is 4. The molecular formula is C15H20ClNO2. The van der Waals surface area contributed by atoms with Crippen molar-refractivity contribution in [2.75, 3.05) is 20.2 Å².